The summed E-state index contributed by atoms with van der Waals surface area (Å²) in [5.74, 6) is -4.97. The maximum absolute atomic E-state index is 14.5. The van der Waals surface area contributed by atoms with E-state index in [4.69, 9.17) is 0 Å². The van der Waals surface area contributed by atoms with Gasteiger partial charge in [0.05, 0.1) is 18.2 Å². The van der Waals surface area contributed by atoms with Crippen LogP contribution >= 0.6 is 0 Å². The third-order valence-electron chi connectivity index (χ3n) is 6.09. The van der Waals surface area contributed by atoms with Gasteiger partial charge in [0, 0.05) is 38.0 Å². The zero-order chi connectivity index (χ0) is 26.3. The lowest BCUT2D eigenvalue weighted by molar-refractivity contribution is -0.137. The van der Waals surface area contributed by atoms with Crippen LogP contribution in [0.5, 0.6) is 0 Å². The summed E-state index contributed by atoms with van der Waals surface area (Å²) in [7, 11) is 1.56. The summed E-state index contributed by atoms with van der Waals surface area (Å²) in [5, 5.41) is 7.02. The van der Waals surface area contributed by atoms with Crippen LogP contribution in [0.25, 0.3) is 11.1 Å². The SMILES string of the molecule is CC1CC(F)(F)CN(C(=O)c2nn(C)cc2-c2cccc(F)c2)C1CNc1ccc(C(F)(F)F)cn1. The Hall–Kier alpha value is -3.57. The van der Waals surface area contributed by atoms with Crippen LogP contribution < -0.4 is 5.32 Å². The first-order chi connectivity index (χ1) is 16.8. The van der Waals surface area contributed by atoms with Crippen molar-refractivity contribution >= 4 is 11.7 Å². The predicted molar refractivity (Wildman–Crippen MR) is 120 cm³/mol. The molecule has 1 fully saturated rings. The maximum Gasteiger partial charge on any atom is 0.417 e. The number of hydrogen-bond donors (Lipinski definition) is 1. The van der Waals surface area contributed by atoms with Crippen molar-refractivity contribution < 1.29 is 31.1 Å². The van der Waals surface area contributed by atoms with E-state index >= 15 is 0 Å². The lowest BCUT2D eigenvalue weighted by Crippen LogP contribution is -2.57. The molecule has 0 spiro atoms. The summed E-state index contributed by atoms with van der Waals surface area (Å²) >= 11 is 0. The van der Waals surface area contributed by atoms with Crippen LogP contribution in [-0.4, -0.2) is 50.6 Å². The average molecular weight is 511 g/mol. The Labute approximate surface area is 202 Å². The van der Waals surface area contributed by atoms with Crippen molar-refractivity contribution in [1.82, 2.24) is 19.7 Å². The molecule has 3 heterocycles. The number of piperidine rings is 1. The molecular formula is C24H23F6N5O. The number of benzene rings is 1. The number of amides is 1. The van der Waals surface area contributed by atoms with E-state index < -0.39 is 54.3 Å². The van der Waals surface area contributed by atoms with E-state index in [0.717, 1.165) is 17.0 Å². The number of carbonyl (C=O) groups excluding carboxylic acids is 1. The average Bonchev–Trinajstić information content (AvgIpc) is 3.18. The van der Waals surface area contributed by atoms with Gasteiger partial charge >= 0.3 is 6.18 Å². The number of nitrogens with zero attached hydrogens (tertiary/aromatic N) is 4. The summed E-state index contributed by atoms with van der Waals surface area (Å²) in [6.45, 7) is 0.692. The van der Waals surface area contributed by atoms with Gasteiger partial charge in [-0.1, -0.05) is 19.1 Å². The van der Waals surface area contributed by atoms with Gasteiger partial charge in [0.2, 0.25) is 0 Å². The van der Waals surface area contributed by atoms with Gasteiger partial charge in [0.25, 0.3) is 11.8 Å². The second kappa shape index (κ2) is 9.47. The molecule has 4 rings (SSSR count). The molecule has 1 aliphatic heterocycles. The molecular weight excluding hydrogens is 488 g/mol. The van der Waals surface area contributed by atoms with Crippen molar-refractivity contribution in [2.75, 3.05) is 18.4 Å². The molecule has 12 heteroatoms. The van der Waals surface area contributed by atoms with Gasteiger partial charge in [-0.2, -0.15) is 18.3 Å². The Bertz CT molecular complexity index is 1240. The van der Waals surface area contributed by atoms with E-state index in [1.165, 1.54) is 29.1 Å². The summed E-state index contributed by atoms with van der Waals surface area (Å²) < 4.78 is 82.6. The van der Waals surface area contributed by atoms with Gasteiger partial charge in [-0.3, -0.25) is 9.48 Å². The zero-order valence-corrected chi connectivity index (χ0v) is 19.4. The van der Waals surface area contributed by atoms with Crippen LogP contribution in [0.4, 0.5) is 32.2 Å². The van der Waals surface area contributed by atoms with Gasteiger partial charge in [-0.25, -0.2) is 18.2 Å². The Balaban J connectivity index is 1.61. The maximum atomic E-state index is 14.5. The van der Waals surface area contributed by atoms with Crippen molar-refractivity contribution in [1.29, 1.82) is 0 Å². The Morgan fingerprint density at radius 3 is 2.61 bits per heavy atom. The smallest absolute Gasteiger partial charge is 0.368 e. The minimum atomic E-state index is -4.54. The number of alkyl halides is 5. The van der Waals surface area contributed by atoms with E-state index in [2.05, 4.69) is 15.4 Å². The number of aryl methyl sites for hydroxylation is 1. The molecule has 1 aliphatic rings. The van der Waals surface area contributed by atoms with Gasteiger partial charge < -0.3 is 10.2 Å². The van der Waals surface area contributed by atoms with E-state index in [0.29, 0.717) is 17.3 Å². The monoisotopic (exact) mass is 511 g/mol. The number of hydrogen-bond acceptors (Lipinski definition) is 4. The highest BCUT2D eigenvalue weighted by molar-refractivity contribution is 5.99. The number of carbonyl (C=O) groups is 1. The van der Waals surface area contributed by atoms with Crippen LogP contribution in [0.15, 0.2) is 48.8 Å². The van der Waals surface area contributed by atoms with E-state index in [1.807, 2.05) is 0 Å². The third-order valence-corrected chi connectivity index (χ3v) is 6.09. The highest BCUT2D eigenvalue weighted by Gasteiger charge is 2.46. The quantitative estimate of drug-likeness (QED) is 0.476. The number of nitrogens with one attached hydrogen (secondary N) is 1. The zero-order valence-electron chi connectivity index (χ0n) is 19.4. The topological polar surface area (TPSA) is 63.1 Å². The second-order valence-corrected chi connectivity index (χ2v) is 8.92. The number of anilines is 1. The number of likely N-dealkylation sites (tertiary alicyclic amines) is 1. The normalized spacial score (nSPS) is 19.8. The molecule has 6 nitrogen and oxygen atoms in total. The third kappa shape index (κ3) is 5.47. The lowest BCUT2D eigenvalue weighted by atomic mass is 9.88. The van der Waals surface area contributed by atoms with Gasteiger partial charge in [-0.05, 0) is 35.7 Å². The largest absolute Gasteiger partial charge is 0.417 e. The van der Waals surface area contributed by atoms with Crippen molar-refractivity contribution in [3.63, 3.8) is 0 Å². The summed E-state index contributed by atoms with van der Waals surface area (Å²) in [5.41, 5.74) is -0.368. The lowest BCUT2D eigenvalue weighted by Gasteiger charge is -2.43. The molecule has 2 atom stereocenters. The molecule has 0 radical (unpaired) electrons. The fraction of sp³-hybridized carbons (Fsp3) is 0.375. The standard InChI is InChI=1S/C24H23F6N5O/c1-14-9-23(26,27)13-35(19(14)11-32-20-7-6-16(10-31-20)24(28,29)30)22(36)21-18(12-34(2)33-21)15-4-3-5-17(25)8-15/h3-8,10,12,14,19H,9,11,13H2,1-2H3,(H,31,32). The van der Waals surface area contributed by atoms with Crippen molar-refractivity contribution in [2.24, 2.45) is 13.0 Å². The fourth-order valence-corrected chi connectivity index (χ4v) is 4.40. The minimum absolute atomic E-state index is 0.0243. The minimum Gasteiger partial charge on any atom is -0.368 e. The molecule has 1 N–H and O–H groups in total. The first-order valence-corrected chi connectivity index (χ1v) is 11.1. The highest BCUT2D eigenvalue weighted by Crippen LogP contribution is 2.36. The molecule has 0 bridgehead atoms. The van der Waals surface area contributed by atoms with Crippen molar-refractivity contribution in [3.05, 3.63) is 65.9 Å². The van der Waals surface area contributed by atoms with E-state index in [9.17, 15) is 31.1 Å². The van der Waals surface area contributed by atoms with Gasteiger partial charge in [0.15, 0.2) is 5.69 Å². The van der Waals surface area contributed by atoms with Crippen LogP contribution in [0.3, 0.4) is 0 Å². The second-order valence-electron chi connectivity index (χ2n) is 8.92. The number of halogens is 6. The fourth-order valence-electron chi connectivity index (χ4n) is 4.40. The summed E-state index contributed by atoms with van der Waals surface area (Å²) in [6, 6.07) is 6.77. The number of pyridine rings is 1. The molecule has 3 aromatic rings. The molecule has 192 valence electrons. The molecule has 1 amide bonds. The van der Waals surface area contributed by atoms with Crippen LogP contribution in [0, 0.1) is 11.7 Å². The Kier molecular flexibility index (Phi) is 6.72. The molecule has 36 heavy (non-hydrogen) atoms. The van der Waals surface area contributed by atoms with Crippen LogP contribution in [0.1, 0.15) is 29.4 Å². The van der Waals surface area contributed by atoms with E-state index in [1.54, 1.807) is 20.0 Å². The van der Waals surface area contributed by atoms with Gasteiger partial charge in [0.1, 0.15) is 11.6 Å². The molecule has 2 unspecified atom stereocenters. The number of aromatic nitrogens is 3. The summed E-state index contributed by atoms with van der Waals surface area (Å²) in [6.07, 6.45) is -2.83. The van der Waals surface area contributed by atoms with Crippen molar-refractivity contribution in [3.8, 4) is 11.1 Å². The first kappa shape index (κ1) is 25.5. The molecule has 0 saturated carbocycles. The molecule has 2 aromatic heterocycles. The molecule has 0 aliphatic carbocycles. The van der Waals surface area contributed by atoms with Gasteiger partial charge in [-0.15, -0.1) is 0 Å². The summed E-state index contributed by atoms with van der Waals surface area (Å²) in [4.78, 5) is 18.3. The predicted octanol–water partition coefficient (Wildman–Crippen LogP) is 5.24. The van der Waals surface area contributed by atoms with Crippen LogP contribution in [0.2, 0.25) is 0 Å². The Morgan fingerprint density at radius 2 is 1.97 bits per heavy atom. The number of rotatable bonds is 5. The van der Waals surface area contributed by atoms with Crippen molar-refractivity contribution in [2.45, 2.75) is 31.5 Å². The van der Waals surface area contributed by atoms with E-state index in [-0.39, 0.29) is 18.1 Å². The molecule has 1 saturated heterocycles. The highest BCUT2D eigenvalue weighted by atomic mass is 19.4. The molecule has 1 aromatic carbocycles. The first-order valence-electron chi connectivity index (χ1n) is 11.1. The van der Waals surface area contributed by atoms with Crippen LogP contribution in [-0.2, 0) is 13.2 Å². The Morgan fingerprint density at radius 1 is 1.22 bits per heavy atom.